The summed E-state index contributed by atoms with van der Waals surface area (Å²) in [6.07, 6.45) is 2.46. The van der Waals surface area contributed by atoms with E-state index >= 15 is 0 Å². The molecule has 0 amide bonds. The third kappa shape index (κ3) is 4.01. The maximum Gasteiger partial charge on any atom is 0.238 e. The van der Waals surface area contributed by atoms with E-state index in [0.29, 0.717) is 16.4 Å². The fourth-order valence-corrected chi connectivity index (χ4v) is 5.08. The van der Waals surface area contributed by atoms with Crippen molar-refractivity contribution < 1.29 is 21.6 Å². The molecule has 27 heavy (non-hydrogen) atoms. The highest BCUT2D eigenvalue weighted by Crippen LogP contribution is 2.47. The molecule has 1 saturated carbocycles. The fourth-order valence-electron chi connectivity index (χ4n) is 2.95. The Labute approximate surface area is 169 Å². The molecule has 3 nitrogen and oxygen atoms in total. The number of halogens is 4. The lowest BCUT2D eigenvalue weighted by Crippen LogP contribution is -2.30. The first-order chi connectivity index (χ1) is 12.7. The minimum Gasteiger partial charge on any atom is -0.283 e. The number of rotatable bonds is 7. The van der Waals surface area contributed by atoms with Crippen molar-refractivity contribution in [2.75, 3.05) is 4.72 Å². The smallest absolute Gasteiger partial charge is 0.238 e. The molecule has 8 heteroatoms. The molecular weight excluding hydrogens is 490 g/mol. The van der Waals surface area contributed by atoms with E-state index in [1.165, 1.54) is 24.3 Å². The molecule has 1 aliphatic carbocycles. The Kier molecular flexibility index (Phi) is 5.58. The molecular formula is C19H17F3INO2S. The van der Waals surface area contributed by atoms with Crippen LogP contribution in [0.3, 0.4) is 0 Å². The summed E-state index contributed by atoms with van der Waals surface area (Å²) in [6.45, 7) is 3.58. The van der Waals surface area contributed by atoms with Gasteiger partial charge in [-0.15, -0.1) is 6.58 Å². The topological polar surface area (TPSA) is 46.2 Å². The molecule has 2 aromatic rings. The summed E-state index contributed by atoms with van der Waals surface area (Å²) in [7, 11) is -3.83. The van der Waals surface area contributed by atoms with Crippen molar-refractivity contribution in [3.63, 3.8) is 0 Å². The van der Waals surface area contributed by atoms with E-state index in [0.717, 1.165) is 6.07 Å². The normalized spacial score (nSPS) is 15.4. The summed E-state index contributed by atoms with van der Waals surface area (Å²) in [5.74, 6) is -2.88. The van der Waals surface area contributed by atoms with Crippen LogP contribution in [0, 0.1) is 21.0 Å². The Hall–Kier alpha value is -1.55. The SMILES string of the molecule is C=CCC1(S(=O)(=O)Nc2ccc(F)c(F)c2Cc2ccc(I)cc2F)CC1. The lowest BCUT2D eigenvalue weighted by atomic mass is 10.0. The zero-order valence-corrected chi connectivity index (χ0v) is 17.2. The third-order valence-electron chi connectivity index (χ3n) is 4.72. The zero-order valence-electron chi connectivity index (χ0n) is 14.2. The summed E-state index contributed by atoms with van der Waals surface area (Å²) in [6, 6.07) is 6.41. The van der Waals surface area contributed by atoms with Crippen molar-refractivity contribution >= 4 is 38.3 Å². The monoisotopic (exact) mass is 507 g/mol. The standard InChI is InChI=1S/C19H17F3INO2S/c1-2-7-19(8-9-19)27(25,26)24-17-6-5-15(20)18(22)14(17)10-12-3-4-13(23)11-16(12)21/h2-6,11,24H,1,7-10H2. The van der Waals surface area contributed by atoms with Crippen LogP contribution < -0.4 is 4.72 Å². The fraction of sp³-hybridized carbons (Fsp3) is 0.263. The average Bonchev–Trinajstić information content (AvgIpc) is 3.38. The molecule has 1 N–H and O–H groups in total. The number of benzene rings is 2. The Morgan fingerprint density at radius 2 is 1.85 bits per heavy atom. The molecule has 1 aliphatic rings. The predicted molar refractivity (Wildman–Crippen MR) is 108 cm³/mol. The van der Waals surface area contributed by atoms with E-state index in [-0.39, 0.29) is 29.7 Å². The molecule has 0 saturated heterocycles. The van der Waals surface area contributed by atoms with Crippen LogP contribution in [0.5, 0.6) is 0 Å². The number of hydrogen-bond acceptors (Lipinski definition) is 2. The molecule has 0 aliphatic heterocycles. The lowest BCUT2D eigenvalue weighted by molar-refractivity contribution is 0.500. The van der Waals surface area contributed by atoms with Gasteiger partial charge in [-0.3, -0.25) is 4.72 Å². The van der Waals surface area contributed by atoms with Crippen LogP contribution >= 0.6 is 22.6 Å². The molecule has 3 rings (SSSR count). The molecule has 0 unspecified atom stereocenters. The lowest BCUT2D eigenvalue weighted by Gasteiger charge is -2.19. The highest BCUT2D eigenvalue weighted by Gasteiger charge is 2.53. The van der Waals surface area contributed by atoms with Crippen molar-refractivity contribution in [3.05, 3.63) is 75.1 Å². The quantitative estimate of drug-likeness (QED) is 0.417. The number of hydrogen-bond donors (Lipinski definition) is 1. The van der Waals surface area contributed by atoms with Crippen LogP contribution in [0.2, 0.25) is 0 Å². The van der Waals surface area contributed by atoms with E-state index < -0.39 is 32.2 Å². The predicted octanol–water partition coefficient (Wildman–Crippen LogP) is 5.15. The average molecular weight is 507 g/mol. The zero-order chi connectivity index (χ0) is 19.8. The Morgan fingerprint density at radius 1 is 1.15 bits per heavy atom. The second-order valence-electron chi connectivity index (χ2n) is 6.58. The first kappa shape index (κ1) is 20.2. The Bertz CT molecular complexity index is 1000. The Balaban J connectivity index is 1.99. The largest absolute Gasteiger partial charge is 0.283 e. The van der Waals surface area contributed by atoms with E-state index in [1.54, 1.807) is 6.07 Å². The number of allylic oxidation sites excluding steroid dienone is 1. The molecule has 0 heterocycles. The molecule has 144 valence electrons. The van der Waals surface area contributed by atoms with Gasteiger partial charge < -0.3 is 0 Å². The minimum absolute atomic E-state index is 0.0813. The molecule has 0 aromatic heterocycles. The summed E-state index contributed by atoms with van der Waals surface area (Å²) < 4.78 is 69.9. The van der Waals surface area contributed by atoms with E-state index in [4.69, 9.17) is 0 Å². The Morgan fingerprint density at radius 3 is 2.44 bits per heavy atom. The van der Waals surface area contributed by atoms with Crippen molar-refractivity contribution in [1.29, 1.82) is 0 Å². The van der Waals surface area contributed by atoms with Gasteiger partial charge in [0.1, 0.15) is 5.82 Å². The highest BCUT2D eigenvalue weighted by atomic mass is 127. The van der Waals surface area contributed by atoms with E-state index in [9.17, 15) is 21.6 Å². The van der Waals surface area contributed by atoms with Crippen LogP contribution in [0.1, 0.15) is 30.4 Å². The van der Waals surface area contributed by atoms with Crippen LogP contribution in [0.4, 0.5) is 18.9 Å². The van der Waals surface area contributed by atoms with E-state index in [1.807, 2.05) is 22.6 Å². The first-order valence-corrected chi connectivity index (χ1v) is 10.8. The van der Waals surface area contributed by atoms with Crippen molar-refractivity contribution in [2.24, 2.45) is 0 Å². The van der Waals surface area contributed by atoms with Gasteiger partial charge in [0, 0.05) is 15.6 Å². The molecule has 0 atom stereocenters. The molecule has 0 spiro atoms. The van der Waals surface area contributed by atoms with Crippen molar-refractivity contribution in [1.82, 2.24) is 0 Å². The van der Waals surface area contributed by atoms with Gasteiger partial charge in [-0.25, -0.2) is 21.6 Å². The third-order valence-corrected chi connectivity index (χ3v) is 7.59. The van der Waals surface area contributed by atoms with Crippen LogP contribution in [-0.4, -0.2) is 13.2 Å². The molecule has 0 bridgehead atoms. The molecule has 0 radical (unpaired) electrons. The van der Waals surface area contributed by atoms with Gasteiger partial charge >= 0.3 is 0 Å². The first-order valence-electron chi connectivity index (χ1n) is 8.23. The second kappa shape index (κ2) is 7.46. The van der Waals surface area contributed by atoms with Gasteiger partial charge in [-0.05, 0) is 71.7 Å². The highest BCUT2D eigenvalue weighted by molar-refractivity contribution is 14.1. The van der Waals surface area contributed by atoms with Gasteiger partial charge in [-0.1, -0.05) is 12.1 Å². The summed E-state index contributed by atoms with van der Waals surface area (Å²) >= 11 is 1.94. The summed E-state index contributed by atoms with van der Waals surface area (Å²) in [4.78, 5) is 0. The number of nitrogens with one attached hydrogen (secondary N) is 1. The van der Waals surface area contributed by atoms with Crippen LogP contribution in [0.15, 0.2) is 43.0 Å². The van der Waals surface area contributed by atoms with Gasteiger partial charge in [0.15, 0.2) is 11.6 Å². The summed E-state index contributed by atoms with van der Waals surface area (Å²) in [5.41, 5.74) is -0.164. The van der Waals surface area contributed by atoms with Crippen LogP contribution in [0.25, 0.3) is 0 Å². The van der Waals surface area contributed by atoms with Gasteiger partial charge in [0.05, 0.1) is 10.4 Å². The maximum absolute atomic E-state index is 14.4. The van der Waals surface area contributed by atoms with E-state index in [2.05, 4.69) is 11.3 Å². The second-order valence-corrected chi connectivity index (χ2v) is 9.90. The minimum atomic E-state index is -3.83. The van der Waals surface area contributed by atoms with Crippen LogP contribution in [-0.2, 0) is 16.4 Å². The number of sulfonamides is 1. The molecule has 1 fully saturated rings. The van der Waals surface area contributed by atoms with Crippen molar-refractivity contribution in [2.45, 2.75) is 30.4 Å². The molecule has 2 aromatic carbocycles. The van der Waals surface area contributed by atoms with Gasteiger partial charge in [0.2, 0.25) is 10.0 Å². The maximum atomic E-state index is 14.4. The van der Waals surface area contributed by atoms with Gasteiger partial charge in [-0.2, -0.15) is 0 Å². The van der Waals surface area contributed by atoms with Gasteiger partial charge in [0.25, 0.3) is 0 Å². The number of anilines is 1. The van der Waals surface area contributed by atoms with Crippen molar-refractivity contribution in [3.8, 4) is 0 Å². The summed E-state index contributed by atoms with van der Waals surface area (Å²) in [5, 5.41) is 0.